The van der Waals surface area contributed by atoms with E-state index in [1.165, 1.54) is 0 Å². The topological polar surface area (TPSA) is 22.0 Å². The van der Waals surface area contributed by atoms with E-state index >= 15 is 0 Å². The lowest BCUT2D eigenvalue weighted by atomic mass is 10.1. The maximum atomic E-state index is 11.5. The molecule has 0 saturated heterocycles. The summed E-state index contributed by atoms with van der Waals surface area (Å²) in [6.07, 6.45) is 1.80. The van der Waals surface area contributed by atoms with E-state index in [1.54, 1.807) is 12.3 Å². The summed E-state index contributed by atoms with van der Waals surface area (Å²) >= 11 is 0. The second-order valence-corrected chi connectivity index (χ2v) is 3.26. The van der Waals surface area contributed by atoms with E-state index in [-0.39, 0.29) is 5.43 Å². The molecule has 0 fully saturated rings. The molecule has 1 aromatic carbocycles. The minimum Gasteiger partial charge on any atom is -0.350 e. The molecule has 0 spiro atoms. The van der Waals surface area contributed by atoms with Gasteiger partial charge in [-0.3, -0.25) is 4.79 Å². The highest BCUT2D eigenvalue weighted by Crippen LogP contribution is 2.13. The summed E-state index contributed by atoms with van der Waals surface area (Å²) in [6.45, 7) is 2.02. The highest BCUT2D eigenvalue weighted by molar-refractivity contribution is 5.81. The van der Waals surface area contributed by atoms with E-state index in [4.69, 9.17) is 0 Å². The second-order valence-electron chi connectivity index (χ2n) is 3.26. The average molecular weight is 173 g/mol. The number of pyridine rings is 1. The van der Waals surface area contributed by atoms with E-state index in [9.17, 15) is 4.79 Å². The SMILES string of the molecule is Cc1cccc2c(=O)ccn(C)c12. The minimum absolute atomic E-state index is 0.0943. The molecule has 0 aliphatic carbocycles. The monoisotopic (exact) mass is 173 g/mol. The number of fused-ring (bicyclic) bond motifs is 1. The van der Waals surface area contributed by atoms with Crippen LogP contribution in [0.15, 0.2) is 35.3 Å². The average Bonchev–Trinajstić information content (AvgIpc) is 2.12. The zero-order chi connectivity index (χ0) is 9.42. The Morgan fingerprint density at radius 3 is 2.69 bits per heavy atom. The smallest absolute Gasteiger partial charge is 0.189 e. The van der Waals surface area contributed by atoms with Crippen molar-refractivity contribution in [3.05, 3.63) is 46.2 Å². The number of para-hydroxylation sites is 1. The maximum absolute atomic E-state index is 11.5. The van der Waals surface area contributed by atoms with Crippen molar-refractivity contribution in [3.63, 3.8) is 0 Å². The number of benzene rings is 1. The Hall–Kier alpha value is -1.57. The van der Waals surface area contributed by atoms with Crippen molar-refractivity contribution in [3.8, 4) is 0 Å². The van der Waals surface area contributed by atoms with E-state index < -0.39 is 0 Å². The summed E-state index contributed by atoms with van der Waals surface area (Å²) < 4.78 is 1.98. The molecule has 2 nitrogen and oxygen atoms in total. The van der Waals surface area contributed by atoms with Crippen LogP contribution in [-0.2, 0) is 7.05 Å². The molecule has 2 rings (SSSR count). The number of nitrogens with zero attached hydrogens (tertiary/aromatic N) is 1. The standard InChI is InChI=1S/C11H11NO/c1-8-4-3-5-9-10(13)6-7-12(2)11(8)9/h3-7H,1-2H3. The molecule has 0 saturated carbocycles. The lowest BCUT2D eigenvalue weighted by Crippen LogP contribution is -2.05. The van der Waals surface area contributed by atoms with E-state index in [1.807, 2.05) is 36.7 Å². The van der Waals surface area contributed by atoms with Gasteiger partial charge < -0.3 is 4.57 Å². The van der Waals surface area contributed by atoms with Gasteiger partial charge in [-0.2, -0.15) is 0 Å². The third-order valence-electron chi connectivity index (χ3n) is 2.31. The first-order valence-corrected chi connectivity index (χ1v) is 4.25. The highest BCUT2D eigenvalue weighted by atomic mass is 16.1. The molecule has 0 aliphatic rings. The van der Waals surface area contributed by atoms with Gasteiger partial charge in [-0.25, -0.2) is 0 Å². The predicted octanol–water partition coefficient (Wildman–Crippen LogP) is 1.85. The molecule has 1 heterocycles. The molecule has 0 unspecified atom stereocenters. The predicted molar refractivity (Wildman–Crippen MR) is 53.9 cm³/mol. The van der Waals surface area contributed by atoms with Gasteiger partial charge in [-0.1, -0.05) is 12.1 Å². The molecule has 0 atom stereocenters. The summed E-state index contributed by atoms with van der Waals surface area (Å²) in [7, 11) is 1.95. The highest BCUT2D eigenvalue weighted by Gasteiger charge is 2.01. The Kier molecular flexibility index (Phi) is 1.69. The maximum Gasteiger partial charge on any atom is 0.189 e. The molecule has 0 amide bonds. The number of hydrogen-bond donors (Lipinski definition) is 0. The third kappa shape index (κ3) is 1.15. The van der Waals surface area contributed by atoms with E-state index in [0.717, 1.165) is 16.5 Å². The molecule has 2 heteroatoms. The Morgan fingerprint density at radius 2 is 2.00 bits per heavy atom. The number of rotatable bonds is 0. The number of hydrogen-bond acceptors (Lipinski definition) is 1. The van der Waals surface area contributed by atoms with Crippen molar-refractivity contribution in [2.45, 2.75) is 6.92 Å². The molecule has 1 aromatic heterocycles. The first-order chi connectivity index (χ1) is 6.20. The van der Waals surface area contributed by atoms with Crippen molar-refractivity contribution in [1.82, 2.24) is 4.57 Å². The third-order valence-corrected chi connectivity index (χ3v) is 2.31. The van der Waals surface area contributed by atoms with Gasteiger partial charge in [0, 0.05) is 24.7 Å². The Bertz CT molecular complexity index is 503. The summed E-state index contributed by atoms with van der Waals surface area (Å²) in [5.74, 6) is 0. The molecule has 0 radical (unpaired) electrons. The van der Waals surface area contributed by atoms with Gasteiger partial charge in [0.25, 0.3) is 0 Å². The van der Waals surface area contributed by atoms with Gasteiger partial charge in [-0.15, -0.1) is 0 Å². The summed E-state index contributed by atoms with van der Waals surface area (Å²) in [4.78, 5) is 11.5. The van der Waals surface area contributed by atoms with Crippen LogP contribution in [0.5, 0.6) is 0 Å². The first kappa shape index (κ1) is 8.05. The summed E-state index contributed by atoms with van der Waals surface area (Å²) in [5, 5.41) is 0.796. The van der Waals surface area contributed by atoms with Crippen LogP contribution < -0.4 is 5.43 Å². The van der Waals surface area contributed by atoms with Crippen LogP contribution in [0, 0.1) is 6.92 Å². The van der Waals surface area contributed by atoms with Crippen LogP contribution >= 0.6 is 0 Å². The van der Waals surface area contributed by atoms with Gasteiger partial charge in [-0.05, 0) is 18.6 Å². The zero-order valence-corrected chi connectivity index (χ0v) is 7.74. The molecule has 13 heavy (non-hydrogen) atoms. The van der Waals surface area contributed by atoms with E-state index in [0.29, 0.717) is 0 Å². The van der Waals surface area contributed by atoms with Gasteiger partial charge in [0.2, 0.25) is 0 Å². The normalized spacial score (nSPS) is 10.6. The molecule has 0 aliphatic heterocycles. The van der Waals surface area contributed by atoms with Crippen molar-refractivity contribution in [2.75, 3.05) is 0 Å². The fourth-order valence-corrected chi connectivity index (χ4v) is 1.67. The van der Waals surface area contributed by atoms with Crippen molar-refractivity contribution in [2.24, 2.45) is 7.05 Å². The first-order valence-electron chi connectivity index (χ1n) is 4.25. The number of aryl methyl sites for hydroxylation is 2. The van der Waals surface area contributed by atoms with Gasteiger partial charge in [0.1, 0.15) is 0 Å². The fraction of sp³-hybridized carbons (Fsp3) is 0.182. The van der Waals surface area contributed by atoms with Crippen molar-refractivity contribution < 1.29 is 0 Å². The number of aromatic nitrogens is 1. The second kappa shape index (κ2) is 2.73. The van der Waals surface area contributed by atoms with Crippen molar-refractivity contribution >= 4 is 10.9 Å². The Morgan fingerprint density at radius 1 is 1.23 bits per heavy atom. The van der Waals surface area contributed by atoms with Crippen molar-refractivity contribution in [1.29, 1.82) is 0 Å². The van der Waals surface area contributed by atoms with E-state index in [2.05, 4.69) is 0 Å². The van der Waals surface area contributed by atoms with Gasteiger partial charge in [0.05, 0.1) is 5.52 Å². The molecular formula is C11H11NO. The van der Waals surface area contributed by atoms with Crippen LogP contribution in [0.1, 0.15) is 5.56 Å². The Labute approximate surface area is 76.4 Å². The van der Waals surface area contributed by atoms with Crippen LogP contribution in [0.4, 0.5) is 0 Å². The largest absolute Gasteiger partial charge is 0.350 e. The lowest BCUT2D eigenvalue weighted by Gasteiger charge is -2.06. The fourth-order valence-electron chi connectivity index (χ4n) is 1.67. The van der Waals surface area contributed by atoms with Crippen LogP contribution in [0.3, 0.4) is 0 Å². The van der Waals surface area contributed by atoms with Crippen LogP contribution in [0.2, 0.25) is 0 Å². The molecule has 66 valence electrons. The molecule has 0 N–H and O–H groups in total. The quantitative estimate of drug-likeness (QED) is 0.596. The molecule has 0 bridgehead atoms. The molecular weight excluding hydrogens is 162 g/mol. The summed E-state index contributed by atoms with van der Waals surface area (Å²) in [6, 6.07) is 7.40. The minimum atomic E-state index is 0.0943. The van der Waals surface area contributed by atoms with Crippen LogP contribution in [-0.4, -0.2) is 4.57 Å². The zero-order valence-electron chi connectivity index (χ0n) is 7.74. The van der Waals surface area contributed by atoms with Gasteiger partial charge >= 0.3 is 0 Å². The summed E-state index contributed by atoms with van der Waals surface area (Å²) in [5.41, 5.74) is 2.25. The molecule has 2 aromatic rings. The Balaban J connectivity index is 3.09. The lowest BCUT2D eigenvalue weighted by molar-refractivity contribution is 0.945. The van der Waals surface area contributed by atoms with Gasteiger partial charge in [0.15, 0.2) is 5.43 Å². The van der Waals surface area contributed by atoms with Crippen LogP contribution in [0.25, 0.3) is 10.9 Å².